The molecule has 0 atom stereocenters. The van der Waals surface area contributed by atoms with Gasteiger partial charge in [-0.25, -0.2) is 4.68 Å². The predicted molar refractivity (Wildman–Crippen MR) is 94.1 cm³/mol. The van der Waals surface area contributed by atoms with Crippen LogP contribution in [-0.2, 0) is 6.42 Å². The molecule has 0 saturated heterocycles. The lowest BCUT2D eigenvalue weighted by molar-refractivity contribution is 0.884. The van der Waals surface area contributed by atoms with Crippen molar-refractivity contribution in [2.24, 2.45) is 0 Å². The minimum atomic E-state index is 0.610. The van der Waals surface area contributed by atoms with Crippen LogP contribution >= 0.6 is 46.1 Å². The van der Waals surface area contributed by atoms with Crippen LogP contribution in [0.3, 0.4) is 0 Å². The van der Waals surface area contributed by atoms with E-state index in [2.05, 4.69) is 5.32 Å². The summed E-state index contributed by atoms with van der Waals surface area (Å²) >= 11 is 20.0. The molecule has 4 rings (SSSR count). The van der Waals surface area contributed by atoms with E-state index < -0.39 is 0 Å². The summed E-state index contributed by atoms with van der Waals surface area (Å²) in [5.41, 5.74) is 2.91. The number of hydrogen-bond donors (Lipinski definition) is 1. The van der Waals surface area contributed by atoms with Crippen LogP contribution in [0, 0.1) is 0 Å². The zero-order valence-electron chi connectivity index (χ0n) is 11.2. The normalized spacial score (nSPS) is 13.2. The minimum absolute atomic E-state index is 0.610. The van der Waals surface area contributed by atoms with Crippen molar-refractivity contribution in [3.8, 4) is 16.3 Å². The number of hydrogen-bond acceptors (Lipinski definition) is 3. The van der Waals surface area contributed by atoms with E-state index in [-0.39, 0.29) is 0 Å². The SMILES string of the molecule is Clc1ccc(Cl)c(-n2nc(-c3ccc(Cl)s3)c3c2NCC3)c1. The number of aromatic nitrogens is 2. The number of benzene rings is 1. The van der Waals surface area contributed by atoms with Gasteiger partial charge in [0.1, 0.15) is 11.5 Å². The molecule has 1 aliphatic rings. The number of nitrogens with one attached hydrogen (secondary N) is 1. The highest BCUT2D eigenvalue weighted by Crippen LogP contribution is 2.39. The quantitative estimate of drug-likeness (QED) is 0.643. The zero-order chi connectivity index (χ0) is 15.3. The standard InChI is InChI=1S/C15H10Cl3N3S/c16-8-1-2-10(17)11(7-8)21-15-9(5-6-19-15)14(20-21)12-3-4-13(18)22-12/h1-4,7,19H,5-6H2. The number of halogens is 3. The molecule has 7 heteroatoms. The van der Waals surface area contributed by atoms with E-state index in [9.17, 15) is 0 Å². The topological polar surface area (TPSA) is 29.9 Å². The zero-order valence-corrected chi connectivity index (χ0v) is 14.3. The third-order valence-electron chi connectivity index (χ3n) is 3.59. The molecule has 0 saturated carbocycles. The molecular weight excluding hydrogens is 361 g/mol. The van der Waals surface area contributed by atoms with Crippen molar-refractivity contribution in [2.75, 3.05) is 11.9 Å². The van der Waals surface area contributed by atoms with E-state index in [1.54, 1.807) is 12.1 Å². The molecule has 3 aromatic rings. The third kappa shape index (κ3) is 2.31. The van der Waals surface area contributed by atoms with Crippen molar-refractivity contribution in [3.05, 3.63) is 50.3 Å². The van der Waals surface area contributed by atoms with Crippen LogP contribution in [0.4, 0.5) is 5.82 Å². The molecule has 3 heterocycles. The van der Waals surface area contributed by atoms with Gasteiger partial charge in [-0.2, -0.15) is 5.10 Å². The van der Waals surface area contributed by atoms with E-state index in [1.165, 1.54) is 16.9 Å². The van der Waals surface area contributed by atoms with E-state index >= 15 is 0 Å². The smallest absolute Gasteiger partial charge is 0.133 e. The number of nitrogens with zero attached hydrogens (tertiary/aromatic N) is 2. The molecule has 0 radical (unpaired) electrons. The first-order valence-electron chi connectivity index (χ1n) is 6.70. The molecule has 0 unspecified atom stereocenters. The Balaban J connectivity index is 1.93. The lowest BCUT2D eigenvalue weighted by Crippen LogP contribution is -2.04. The highest BCUT2D eigenvalue weighted by molar-refractivity contribution is 7.19. The number of anilines is 1. The van der Waals surface area contributed by atoms with Crippen molar-refractivity contribution in [2.45, 2.75) is 6.42 Å². The summed E-state index contributed by atoms with van der Waals surface area (Å²) in [5, 5.41) is 9.37. The maximum absolute atomic E-state index is 6.33. The fraction of sp³-hybridized carbons (Fsp3) is 0.133. The molecule has 1 aliphatic heterocycles. The van der Waals surface area contributed by atoms with Gasteiger partial charge in [0, 0.05) is 17.1 Å². The second kappa shape index (κ2) is 5.46. The summed E-state index contributed by atoms with van der Waals surface area (Å²) in [7, 11) is 0. The summed E-state index contributed by atoms with van der Waals surface area (Å²) in [6.07, 6.45) is 0.929. The second-order valence-corrected chi connectivity index (χ2v) is 7.52. The van der Waals surface area contributed by atoms with Crippen LogP contribution in [0.25, 0.3) is 16.3 Å². The molecule has 22 heavy (non-hydrogen) atoms. The molecule has 2 aromatic heterocycles. The second-order valence-electron chi connectivity index (χ2n) is 4.96. The van der Waals surface area contributed by atoms with Gasteiger partial charge < -0.3 is 5.32 Å². The first-order chi connectivity index (χ1) is 10.6. The van der Waals surface area contributed by atoms with Gasteiger partial charge >= 0.3 is 0 Å². The summed E-state index contributed by atoms with van der Waals surface area (Å²) in [5.74, 6) is 0.976. The number of fused-ring (bicyclic) bond motifs is 1. The van der Waals surface area contributed by atoms with E-state index in [1.807, 2.05) is 22.9 Å². The van der Waals surface area contributed by atoms with E-state index in [4.69, 9.17) is 39.9 Å². The van der Waals surface area contributed by atoms with Crippen molar-refractivity contribution in [1.29, 1.82) is 0 Å². The van der Waals surface area contributed by atoms with Crippen molar-refractivity contribution >= 4 is 52.0 Å². The largest absolute Gasteiger partial charge is 0.369 e. The molecule has 0 bridgehead atoms. The molecule has 0 fully saturated rings. The summed E-state index contributed by atoms with van der Waals surface area (Å²) in [4.78, 5) is 1.06. The molecule has 0 spiro atoms. The Kier molecular flexibility index (Phi) is 3.57. The Morgan fingerprint density at radius 1 is 1.14 bits per heavy atom. The minimum Gasteiger partial charge on any atom is -0.369 e. The average Bonchev–Trinajstić information content (AvgIpc) is 3.17. The van der Waals surface area contributed by atoms with Gasteiger partial charge in [0.25, 0.3) is 0 Å². The Morgan fingerprint density at radius 2 is 2.00 bits per heavy atom. The Labute approximate surface area is 146 Å². The van der Waals surface area contributed by atoms with Gasteiger partial charge in [-0.15, -0.1) is 11.3 Å². The number of thiophene rings is 1. The molecule has 1 aromatic carbocycles. The molecule has 3 nitrogen and oxygen atoms in total. The first-order valence-corrected chi connectivity index (χ1v) is 8.65. The van der Waals surface area contributed by atoms with Crippen LogP contribution in [0.15, 0.2) is 30.3 Å². The van der Waals surface area contributed by atoms with Crippen molar-refractivity contribution < 1.29 is 0 Å². The molecule has 0 aliphatic carbocycles. The summed E-state index contributed by atoms with van der Waals surface area (Å²) < 4.78 is 2.59. The van der Waals surface area contributed by atoms with E-state index in [0.29, 0.717) is 10.0 Å². The van der Waals surface area contributed by atoms with Crippen LogP contribution in [0.1, 0.15) is 5.56 Å². The van der Waals surface area contributed by atoms with Gasteiger partial charge in [-0.1, -0.05) is 34.8 Å². The maximum Gasteiger partial charge on any atom is 0.133 e. The fourth-order valence-corrected chi connectivity index (χ4v) is 4.06. The maximum atomic E-state index is 6.33. The average molecular weight is 371 g/mol. The Morgan fingerprint density at radius 3 is 2.77 bits per heavy atom. The Bertz CT molecular complexity index is 869. The van der Waals surface area contributed by atoms with E-state index in [0.717, 1.165) is 39.4 Å². The van der Waals surface area contributed by atoms with Gasteiger partial charge in [0.15, 0.2) is 0 Å². The highest BCUT2D eigenvalue weighted by atomic mass is 35.5. The van der Waals surface area contributed by atoms with Gasteiger partial charge in [-0.05, 0) is 36.8 Å². The van der Waals surface area contributed by atoms with Crippen LogP contribution < -0.4 is 5.32 Å². The highest BCUT2D eigenvalue weighted by Gasteiger charge is 2.25. The van der Waals surface area contributed by atoms with Crippen LogP contribution in [0.5, 0.6) is 0 Å². The molecular formula is C15H10Cl3N3S. The summed E-state index contributed by atoms with van der Waals surface area (Å²) in [6, 6.07) is 9.26. The monoisotopic (exact) mass is 369 g/mol. The van der Waals surface area contributed by atoms with Gasteiger partial charge in [0.05, 0.1) is 19.9 Å². The number of rotatable bonds is 2. The Hall–Kier alpha value is -1.20. The van der Waals surface area contributed by atoms with Crippen molar-refractivity contribution in [3.63, 3.8) is 0 Å². The van der Waals surface area contributed by atoms with Crippen LogP contribution in [0.2, 0.25) is 14.4 Å². The first kappa shape index (κ1) is 14.4. The van der Waals surface area contributed by atoms with Gasteiger partial charge in [0.2, 0.25) is 0 Å². The lowest BCUT2D eigenvalue weighted by Gasteiger charge is -2.08. The predicted octanol–water partition coefficient (Wildman–Crippen LogP) is 5.53. The third-order valence-corrected chi connectivity index (χ3v) is 5.39. The van der Waals surface area contributed by atoms with Gasteiger partial charge in [-0.3, -0.25) is 0 Å². The lowest BCUT2D eigenvalue weighted by atomic mass is 10.2. The molecule has 1 N–H and O–H groups in total. The summed E-state index contributed by atoms with van der Waals surface area (Å²) in [6.45, 7) is 0.886. The molecule has 112 valence electrons. The molecule has 0 amide bonds. The van der Waals surface area contributed by atoms with Crippen molar-refractivity contribution in [1.82, 2.24) is 9.78 Å². The van der Waals surface area contributed by atoms with Crippen LogP contribution in [-0.4, -0.2) is 16.3 Å². The fourth-order valence-electron chi connectivity index (χ4n) is 2.64.